The highest BCUT2D eigenvalue weighted by atomic mass is 16.8. The van der Waals surface area contributed by atoms with Crippen molar-refractivity contribution in [3.05, 3.63) is 47.5 Å². The molecule has 0 spiro atoms. The summed E-state index contributed by atoms with van der Waals surface area (Å²) in [5.41, 5.74) is -1.18. The SMILES string of the molecule is O=C(c1ccc([O-])c(N(O)O)c1)c1ccc([O-])c(N(O)O)c1. The molecule has 0 fully saturated rings. The van der Waals surface area contributed by atoms with E-state index in [1.54, 1.807) is 0 Å². The van der Waals surface area contributed by atoms with Crippen molar-refractivity contribution >= 4 is 17.2 Å². The van der Waals surface area contributed by atoms with Gasteiger partial charge in [-0.05, 0) is 12.1 Å². The molecule has 0 saturated heterocycles. The molecule has 0 saturated carbocycles. The van der Waals surface area contributed by atoms with Gasteiger partial charge in [0.05, 0.1) is 11.4 Å². The maximum Gasteiger partial charge on any atom is 0.193 e. The molecule has 0 heterocycles. The van der Waals surface area contributed by atoms with E-state index in [0.29, 0.717) is 0 Å². The zero-order valence-corrected chi connectivity index (χ0v) is 10.9. The van der Waals surface area contributed by atoms with Crippen LogP contribution in [0.1, 0.15) is 15.9 Å². The van der Waals surface area contributed by atoms with Crippen molar-refractivity contribution in [1.29, 1.82) is 0 Å². The minimum Gasteiger partial charge on any atom is -0.871 e. The van der Waals surface area contributed by atoms with E-state index in [1.807, 2.05) is 0 Å². The van der Waals surface area contributed by atoms with E-state index in [4.69, 9.17) is 20.8 Å². The first-order chi connectivity index (χ1) is 10.3. The summed E-state index contributed by atoms with van der Waals surface area (Å²) in [5, 5.41) is 57.5. The number of benzene rings is 2. The largest absolute Gasteiger partial charge is 0.871 e. The lowest BCUT2D eigenvalue weighted by molar-refractivity contribution is -0.269. The van der Waals surface area contributed by atoms with Crippen LogP contribution in [0, 0.1) is 0 Å². The van der Waals surface area contributed by atoms with E-state index < -0.39 is 39.1 Å². The number of rotatable bonds is 4. The molecular weight excluding hydrogens is 296 g/mol. The lowest BCUT2D eigenvalue weighted by Gasteiger charge is -2.19. The predicted molar refractivity (Wildman–Crippen MR) is 67.3 cm³/mol. The smallest absolute Gasteiger partial charge is 0.193 e. The van der Waals surface area contributed by atoms with Crippen LogP contribution < -0.4 is 20.7 Å². The molecule has 9 nitrogen and oxygen atoms in total. The summed E-state index contributed by atoms with van der Waals surface area (Å²) in [7, 11) is 0. The first-order valence-corrected chi connectivity index (χ1v) is 5.84. The molecule has 9 heteroatoms. The van der Waals surface area contributed by atoms with Crippen LogP contribution >= 0.6 is 0 Å². The summed E-state index contributed by atoms with van der Waals surface area (Å²) in [6, 6.07) is 6.16. The summed E-state index contributed by atoms with van der Waals surface area (Å²) < 4.78 is 0. The number of hydrogen-bond donors (Lipinski definition) is 4. The van der Waals surface area contributed by atoms with Crippen molar-refractivity contribution < 1.29 is 35.8 Å². The molecule has 2 rings (SSSR count). The third kappa shape index (κ3) is 2.92. The fourth-order valence-corrected chi connectivity index (χ4v) is 1.80. The van der Waals surface area contributed by atoms with Crippen molar-refractivity contribution in [2.45, 2.75) is 0 Å². The molecule has 0 amide bonds. The Morgan fingerprint density at radius 1 is 0.773 bits per heavy atom. The lowest BCUT2D eigenvalue weighted by atomic mass is 10.0. The molecule has 22 heavy (non-hydrogen) atoms. The predicted octanol–water partition coefficient (Wildman–Crippen LogP) is 0.234. The second-order valence-electron chi connectivity index (χ2n) is 4.27. The van der Waals surface area contributed by atoms with Crippen molar-refractivity contribution in [2.75, 3.05) is 10.5 Å². The van der Waals surface area contributed by atoms with Crippen LogP contribution in [0.25, 0.3) is 0 Å². The molecule has 0 aliphatic carbocycles. The van der Waals surface area contributed by atoms with Gasteiger partial charge in [0.15, 0.2) is 5.78 Å². The molecule has 0 aliphatic rings. The van der Waals surface area contributed by atoms with Gasteiger partial charge in [-0.1, -0.05) is 35.8 Å². The fraction of sp³-hybridized carbons (Fsp3) is 0. The summed E-state index contributed by atoms with van der Waals surface area (Å²) >= 11 is 0. The van der Waals surface area contributed by atoms with Crippen molar-refractivity contribution in [1.82, 2.24) is 0 Å². The second-order valence-corrected chi connectivity index (χ2v) is 4.27. The number of hydrogen-bond acceptors (Lipinski definition) is 9. The average Bonchev–Trinajstić information content (AvgIpc) is 2.47. The number of nitrogens with zero attached hydrogens (tertiary/aromatic N) is 2. The quantitative estimate of drug-likeness (QED) is 0.459. The Bertz CT molecular complexity index is 656. The molecule has 0 aromatic heterocycles. The zero-order valence-electron chi connectivity index (χ0n) is 10.9. The average molecular weight is 306 g/mol. The number of ketones is 1. The minimum absolute atomic E-state index is 0.0604. The van der Waals surface area contributed by atoms with Crippen LogP contribution in [0.2, 0.25) is 0 Å². The van der Waals surface area contributed by atoms with Gasteiger partial charge in [0, 0.05) is 11.1 Å². The van der Waals surface area contributed by atoms with E-state index in [2.05, 4.69) is 0 Å². The summed E-state index contributed by atoms with van der Waals surface area (Å²) in [5.74, 6) is -2.09. The number of carbonyl (C=O) groups is 1. The molecule has 2 aromatic carbocycles. The third-order valence-electron chi connectivity index (χ3n) is 2.87. The maximum atomic E-state index is 12.3. The van der Waals surface area contributed by atoms with Crippen LogP contribution in [-0.4, -0.2) is 26.6 Å². The molecule has 0 atom stereocenters. The van der Waals surface area contributed by atoms with Crippen LogP contribution in [-0.2, 0) is 0 Å². The topological polar surface area (TPSA) is 151 Å². The summed E-state index contributed by atoms with van der Waals surface area (Å²) in [6.45, 7) is 0. The normalized spacial score (nSPS) is 10.4. The van der Waals surface area contributed by atoms with E-state index in [-0.39, 0.29) is 11.1 Å². The van der Waals surface area contributed by atoms with Gasteiger partial charge in [0.2, 0.25) is 0 Å². The Hall–Kier alpha value is -2.85. The van der Waals surface area contributed by atoms with Crippen molar-refractivity contribution in [3.8, 4) is 11.5 Å². The molecule has 0 unspecified atom stereocenters. The van der Waals surface area contributed by atoms with Gasteiger partial charge in [0.1, 0.15) is 0 Å². The van der Waals surface area contributed by atoms with E-state index in [9.17, 15) is 15.0 Å². The van der Waals surface area contributed by atoms with Gasteiger partial charge in [-0.2, -0.15) is 0 Å². The molecule has 0 aliphatic heterocycles. The second kappa shape index (κ2) is 5.87. The standard InChI is InChI=1S/C13H12N2O7/c16-11-3-1-7(5-9(11)14(19)20)13(18)8-2-4-12(17)10(6-8)15(21)22/h1-6,16-17,19-22H/p-2. The van der Waals surface area contributed by atoms with Crippen molar-refractivity contribution in [2.24, 2.45) is 0 Å². The Morgan fingerprint density at radius 3 is 1.45 bits per heavy atom. The van der Waals surface area contributed by atoms with Gasteiger partial charge in [-0.25, -0.2) is 0 Å². The summed E-state index contributed by atoms with van der Waals surface area (Å²) in [6.07, 6.45) is 0. The molecule has 116 valence electrons. The fourth-order valence-electron chi connectivity index (χ4n) is 1.80. The van der Waals surface area contributed by atoms with Crippen LogP contribution in [0.3, 0.4) is 0 Å². The molecule has 0 radical (unpaired) electrons. The van der Waals surface area contributed by atoms with Crippen LogP contribution in [0.5, 0.6) is 11.5 Å². The minimum atomic E-state index is -0.714. The van der Waals surface area contributed by atoms with Crippen LogP contribution in [0.4, 0.5) is 11.4 Å². The molecule has 4 N–H and O–H groups in total. The van der Waals surface area contributed by atoms with Gasteiger partial charge >= 0.3 is 0 Å². The van der Waals surface area contributed by atoms with E-state index in [1.165, 1.54) is 0 Å². The van der Waals surface area contributed by atoms with Crippen LogP contribution in [0.15, 0.2) is 36.4 Å². The highest BCUT2D eigenvalue weighted by Gasteiger charge is 2.13. The van der Waals surface area contributed by atoms with Gasteiger partial charge in [-0.15, -0.1) is 10.5 Å². The molecule has 2 aromatic rings. The third-order valence-corrected chi connectivity index (χ3v) is 2.87. The Morgan fingerprint density at radius 2 is 1.14 bits per heavy atom. The van der Waals surface area contributed by atoms with E-state index in [0.717, 1.165) is 36.4 Å². The zero-order chi connectivity index (χ0) is 16.4. The number of anilines is 2. The Labute approximate surface area is 123 Å². The maximum absolute atomic E-state index is 12.3. The molecular formula is C13H10N2O7-2. The first kappa shape index (κ1) is 15.5. The Balaban J connectivity index is 2.44. The first-order valence-electron chi connectivity index (χ1n) is 5.84. The number of carbonyl (C=O) groups excluding carboxylic acids is 1. The summed E-state index contributed by atoms with van der Waals surface area (Å²) in [4.78, 5) is 12.3. The monoisotopic (exact) mass is 306 g/mol. The lowest BCUT2D eigenvalue weighted by Crippen LogP contribution is -2.16. The van der Waals surface area contributed by atoms with Gasteiger partial charge < -0.3 is 10.2 Å². The van der Waals surface area contributed by atoms with Crippen molar-refractivity contribution in [3.63, 3.8) is 0 Å². The van der Waals surface area contributed by atoms with Gasteiger partial charge in [-0.3, -0.25) is 25.6 Å². The van der Waals surface area contributed by atoms with E-state index >= 15 is 0 Å². The molecule has 0 bridgehead atoms. The highest BCUT2D eigenvalue weighted by Crippen LogP contribution is 2.28. The highest BCUT2D eigenvalue weighted by molar-refractivity contribution is 6.10. The van der Waals surface area contributed by atoms with Gasteiger partial charge in [0.25, 0.3) is 0 Å². The Kier molecular flexibility index (Phi) is 4.15.